The smallest absolute Gasteiger partial charge is 0.00668 e. The number of thiol groups is 1. The van der Waals surface area contributed by atoms with E-state index in [-0.39, 0.29) is 0 Å². The quantitative estimate of drug-likeness (QED) is 0.554. The van der Waals surface area contributed by atoms with Gasteiger partial charge in [0.05, 0.1) is 0 Å². The third-order valence-corrected chi connectivity index (χ3v) is 3.86. The molecule has 0 aliphatic heterocycles. The zero-order valence-electron chi connectivity index (χ0n) is 6.59. The van der Waals surface area contributed by atoms with Gasteiger partial charge in [-0.25, -0.2) is 0 Å². The van der Waals surface area contributed by atoms with E-state index < -0.39 is 0 Å². The van der Waals surface area contributed by atoms with Gasteiger partial charge in [-0.05, 0) is 48.7 Å². The molecule has 0 nitrogen and oxygen atoms in total. The van der Waals surface area contributed by atoms with Gasteiger partial charge >= 0.3 is 0 Å². The molecule has 0 aromatic heterocycles. The molecule has 0 N–H and O–H groups in total. The molecule has 58 valence electrons. The van der Waals surface area contributed by atoms with Gasteiger partial charge in [0, 0.05) is 0 Å². The average molecular weight is 156 g/mol. The van der Waals surface area contributed by atoms with Gasteiger partial charge in [-0.3, -0.25) is 0 Å². The molecule has 0 aromatic rings. The van der Waals surface area contributed by atoms with Gasteiger partial charge in [0.2, 0.25) is 0 Å². The van der Waals surface area contributed by atoms with Crippen molar-refractivity contribution in [1.82, 2.24) is 0 Å². The number of rotatable bonds is 1. The predicted molar refractivity (Wildman–Crippen MR) is 47.3 cm³/mol. The highest BCUT2D eigenvalue weighted by Gasteiger charge is 2.44. The fourth-order valence-electron chi connectivity index (χ4n) is 2.43. The molecular formula is C9H16S. The Labute approximate surface area is 68.8 Å². The highest BCUT2D eigenvalue weighted by Crippen LogP contribution is 2.53. The van der Waals surface area contributed by atoms with Crippen LogP contribution in [0, 0.1) is 23.7 Å². The van der Waals surface area contributed by atoms with E-state index in [1.165, 1.54) is 19.3 Å². The zero-order chi connectivity index (χ0) is 7.14. The largest absolute Gasteiger partial charge is 0.179 e. The molecule has 0 bridgehead atoms. The summed E-state index contributed by atoms with van der Waals surface area (Å²) in [5, 5.41) is 0. The van der Waals surface area contributed by atoms with E-state index in [9.17, 15) is 0 Å². The van der Waals surface area contributed by atoms with Crippen molar-refractivity contribution in [2.45, 2.75) is 26.2 Å². The van der Waals surface area contributed by atoms with Gasteiger partial charge in [-0.1, -0.05) is 6.92 Å². The van der Waals surface area contributed by atoms with E-state index in [2.05, 4.69) is 19.6 Å². The molecule has 2 saturated carbocycles. The predicted octanol–water partition coefficient (Wildman–Crippen LogP) is 2.60. The summed E-state index contributed by atoms with van der Waals surface area (Å²) in [4.78, 5) is 0. The summed E-state index contributed by atoms with van der Waals surface area (Å²) in [7, 11) is 0. The molecule has 1 heteroatoms. The van der Waals surface area contributed by atoms with Crippen LogP contribution in [0.4, 0.5) is 0 Å². The number of hydrogen-bond acceptors (Lipinski definition) is 1. The molecule has 0 saturated heterocycles. The Bertz CT molecular complexity index is 133. The maximum Gasteiger partial charge on any atom is -0.00668 e. The lowest BCUT2D eigenvalue weighted by molar-refractivity contribution is 0.270. The SMILES string of the molecule is C[C@H]1CC2CC2CC1CS. The standard InChI is InChI=1S/C9H16S/c1-6-2-7-3-8(7)4-9(6)5-10/h6-10H,2-5H2,1H3/t6-,7?,8?,9?/m0/s1. The summed E-state index contributed by atoms with van der Waals surface area (Å²) in [5.74, 6) is 5.26. The van der Waals surface area contributed by atoms with Crippen molar-refractivity contribution in [3.8, 4) is 0 Å². The molecule has 0 spiro atoms. The Morgan fingerprint density at radius 2 is 1.90 bits per heavy atom. The lowest BCUT2D eigenvalue weighted by Crippen LogP contribution is -2.19. The second-order valence-electron chi connectivity index (χ2n) is 4.15. The second kappa shape index (κ2) is 2.44. The van der Waals surface area contributed by atoms with E-state index in [1.807, 2.05) is 0 Å². The third-order valence-electron chi connectivity index (χ3n) is 3.39. The molecule has 2 aliphatic carbocycles. The van der Waals surface area contributed by atoms with Crippen molar-refractivity contribution in [2.24, 2.45) is 23.7 Å². The summed E-state index contributed by atoms with van der Waals surface area (Å²) in [6, 6.07) is 0. The van der Waals surface area contributed by atoms with Gasteiger partial charge in [0.25, 0.3) is 0 Å². The van der Waals surface area contributed by atoms with Crippen LogP contribution in [0.5, 0.6) is 0 Å². The first-order chi connectivity index (χ1) is 4.81. The summed E-state index contributed by atoms with van der Waals surface area (Å²) in [5.41, 5.74) is 0. The Kier molecular flexibility index (Phi) is 1.71. The van der Waals surface area contributed by atoms with E-state index in [0.717, 1.165) is 29.4 Å². The average Bonchev–Trinajstić information content (AvgIpc) is 2.64. The molecule has 2 aliphatic rings. The molecular weight excluding hydrogens is 140 g/mol. The fraction of sp³-hybridized carbons (Fsp3) is 1.00. The fourth-order valence-corrected chi connectivity index (χ4v) is 2.94. The zero-order valence-corrected chi connectivity index (χ0v) is 7.48. The van der Waals surface area contributed by atoms with Crippen molar-refractivity contribution in [3.63, 3.8) is 0 Å². The van der Waals surface area contributed by atoms with Crippen molar-refractivity contribution in [1.29, 1.82) is 0 Å². The van der Waals surface area contributed by atoms with E-state index in [0.29, 0.717) is 0 Å². The van der Waals surface area contributed by atoms with Crippen molar-refractivity contribution in [2.75, 3.05) is 5.75 Å². The molecule has 0 radical (unpaired) electrons. The van der Waals surface area contributed by atoms with Gasteiger partial charge < -0.3 is 0 Å². The van der Waals surface area contributed by atoms with Crippen LogP contribution >= 0.6 is 12.6 Å². The lowest BCUT2D eigenvalue weighted by Gasteiger charge is -2.26. The highest BCUT2D eigenvalue weighted by molar-refractivity contribution is 7.80. The molecule has 4 atom stereocenters. The maximum atomic E-state index is 4.38. The summed E-state index contributed by atoms with van der Waals surface area (Å²) < 4.78 is 0. The van der Waals surface area contributed by atoms with Crippen LogP contribution in [0.3, 0.4) is 0 Å². The van der Waals surface area contributed by atoms with Crippen LogP contribution in [-0.4, -0.2) is 5.75 Å². The second-order valence-corrected chi connectivity index (χ2v) is 4.51. The Balaban J connectivity index is 1.94. The Morgan fingerprint density at radius 1 is 1.20 bits per heavy atom. The van der Waals surface area contributed by atoms with Crippen molar-refractivity contribution >= 4 is 12.6 Å². The summed E-state index contributed by atoms with van der Waals surface area (Å²) >= 11 is 4.38. The number of hydrogen-bond donors (Lipinski definition) is 1. The Morgan fingerprint density at radius 3 is 2.60 bits per heavy atom. The molecule has 0 amide bonds. The molecule has 0 aromatic carbocycles. The molecule has 2 fully saturated rings. The first-order valence-corrected chi connectivity index (χ1v) is 5.05. The number of fused-ring (bicyclic) bond motifs is 1. The molecule has 2 rings (SSSR count). The van der Waals surface area contributed by atoms with Gasteiger partial charge in [0.1, 0.15) is 0 Å². The first kappa shape index (κ1) is 7.02. The van der Waals surface area contributed by atoms with Gasteiger partial charge in [0.15, 0.2) is 0 Å². The lowest BCUT2D eigenvalue weighted by atomic mass is 9.82. The van der Waals surface area contributed by atoms with E-state index in [4.69, 9.17) is 0 Å². The van der Waals surface area contributed by atoms with Crippen molar-refractivity contribution in [3.05, 3.63) is 0 Å². The topological polar surface area (TPSA) is 0 Å². The van der Waals surface area contributed by atoms with Crippen LogP contribution in [0.15, 0.2) is 0 Å². The van der Waals surface area contributed by atoms with Crippen LogP contribution in [0.1, 0.15) is 26.2 Å². The summed E-state index contributed by atoms with van der Waals surface area (Å²) in [6.07, 6.45) is 4.51. The van der Waals surface area contributed by atoms with E-state index >= 15 is 0 Å². The molecule has 3 unspecified atom stereocenters. The summed E-state index contributed by atoms with van der Waals surface area (Å²) in [6.45, 7) is 2.40. The minimum Gasteiger partial charge on any atom is -0.179 e. The highest BCUT2D eigenvalue weighted by atomic mass is 32.1. The van der Waals surface area contributed by atoms with Crippen LogP contribution in [-0.2, 0) is 0 Å². The normalized spacial score (nSPS) is 52.2. The van der Waals surface area contributed by atoms with Gasteiger partial charge in [-0.2, -0.15) is 12.6 Å². The third kappa shape index (κ3) is 1.09. The minimum absolute atomic E-state index is 0.937. The molecule has 10 heavy (non-hydrogen) atoms. The molecule has 0 heterocycles. The monoisotopic (exact) mass is 156 g/mol. The first-order valence-electron chi connectivity index (χ1n) is 4.42. The van der Waals surface area contributed by atoms with Gasteiger partial charge in [-0.15, -0.1) is 0 Å². The Hall–Kier alpha value is 0.350. The van der Waals surface area contributed by atoms with E-state index in [1.54, 1.807) is 0 Å². The minimum atomic E-state index is 0.937. The van der Waals surface area contributed by atoms with Crippen LogP contribution in [0.2, 0.25) is 0 Å². The van der Waals surface area contributed by atoms with Crippen LogP contribution < -0.4 is 0 Å². The maximum absolute atomic E-state index is 4.38. The van der Waals surface area contributed by atoms with Crippen molar-refractivity contribution < 1.29 is 0 Å². The van der Waals surface area contributed by atoms with Crippen LogP contribution in [0.25, 0.3) is 0 Å².